The van der Waals surface area contributed by atoms with Crippen molar-refractivity contribution in [2.75, 3.05) is 0 Å². The molecule has 0 amide bonds. The fourth-order valence-electron chi connectivity index (χ4n) is 2.34. The SMILES string of the molecule is O=[N+]([O-])c1cccc(-c2noc(-c3sc4ccccc4c3Cl)n2)c1. The molecule has 2 aromatic heterocycles. The second-order valence-electron chi connectivity index (χ2n) is 4.97. The molecule has 0 bridgehead atoms. The third kappa shape index (κ3) is 2.44. The number of thiophene rings is 1. The van der Waals surface area contributed by atoms with Gasteiger partial charge in [-0.05, 0) is 6.07 Å². The van der Waals surface area contributed by atoms with Crippen molar-refractivity contribution < 1.29 is 9.45 Å². The molecule has 0 atom stereocenters. The number of hydrogen-bond donors (Lipinski definition) is 0. The van der Waals surface area contributed by atoms with Crippen LogP contribution in [0.1, 0.15) is 0 Å². The van der Waals surface area contributed by atoms with Crippen molar-refractivity contribution >= 4 is 38.7 Å². The highest BCUT2D eigenvalue weighted by molar-refractivity contribution is 7.23. The minimum absolute atomic E-state index is 0.0289. The highest BCUT2D eigenvalue weighted by atomic mass is 35.5. The van der Waals surface area contributed by atoms with Crippen molar-refractivity contribution in [3.63, 3.8) is 0 Å². The summed E-state index contributed by atoms with van der Waals surface area (Å²) in [5.41, 5.74) is 0.482. The zero-order valence-electron chi connectivity index (χ0n) is 12.0. The Balaban J connectivity index is 1.78. The Kier molecular flexibility index (Phi) is 3.51. The number of nitrogens with zero attached hydrogens (tertiary/aromatic N) is 3. The molecule has 6 nitrogen and oxygen atoms in total. The first kappa shape index (κ1) is 14.8. The van der Waals surface area contributed by atoms with Gasteiger partial charge in [-0.25, -0.2) is 0 Å². The summed E-state index contributed by atoms with van der Waals surface area (Å²) in [6.07, 6.45) is 0. The Hall–Kier alpha value is -2.77. The average Bonchev–Trinajstić information content (AvgIpc) is 3.20. The van der Waals surface area contributed by atoms with Crippen LogP contribution in [-0.4, -0.2) is 15.1 Å². The maximum absolute atomic E-state index is 10.9. The molecular formula is C16H8ClN3O3S. The maximum atomic E-state index is 10.9. The van der Waals surface area contributed by atoms with Crippen LogP contribution >= 0.6 is 22.9 Å². The van der Waals surface area contributed by atoms with E-state index in [1.807, 2.05) is 24.3 Å². The summed E-state index contributed by atoms with van der Waals surface area (Å²) < 4.78 is 6.33. The lowest BCUT2D eigenvalue weighted by atomic mass is 10.2. The van der Waals surface area contributed by atoms with Gasteiger partial charge in [0, 0.05) is 27.8 Å². The van der Waals surface area contributed by atoms with Crippen LogP contribution in [0.15, 0.2) is 53.1 Å². The number of rotatable bonds is 3. The predicted molar refractivity (Wildman–Crippen MR) is 92.2 cm³/mol. The molecule has 0 N–H and O–H groups in total. The van der Waals surface area contributed by atoms with E-state index < -0.39 is 4.92 Å². The average molecular weight is 358 g/mol. The third-order valence-corrected chi connectivity index (χ3v) is 5.13. The predicted octanol–water partition coefficient (Wildman–Crippen LogP) is 5.18. The van der Waals surface area contributed by atoms with Gasteiger partial charge in [0.15, 0.2) is 0 Å². The number of halogens is 1. The summed E-state index contributed by atoms with van der Waals surface area (Å²) >= 11 is 7.86. The van der Waals surface area contributed by atoms with Gasteiger partial charge in [0.25, 0.3) is 11.6 Å². The molecule has 0 saturated heterocycles. The van der Waals surface area contributed by atoms with Crippen LogP contribution < -0.4 is 0 Å². The molecule has 2 aromatic carbocycles. The van der Waals surface area contributed by atoms with Gasteiger partial charge in [-0.2, -0.15) is 4.98 Å². The molecule has 4 rings (SSSR count). The quantitative estimate of drug-likeness (QED) is 0.372. The first-order chi connectivity index (χ1) is 11.6. The maximum Gasteiger partial charge on any atom is 0.270 e. The standard InChI is InChI=1S/C16H8ClN3O3S/c17-13-11-6-1-2-7-12(11)24-14(13)16-18-15(19-23-16)9-4-3-5-10(8-9)20(21)22/h1-8H. The van der Waals surface area contributed by atoms with E-state index in [1.54, 1.807) is 12.1 Å². The number of nitro benzene ring substituents is 1. The van der Waals surface area contributed by atoms with Gasteiger partial charge >= 0.3 is 0 Å². The van der Waals surface area contributed by atoms with Crippen LogP contribution in [0.3, 0.4) is 0 Å². The van der Waals surface area contributed by atoms with Gasteiger partial charge in [-0.1, -0.05) is 47.1 Å². The van der Waals surface area contributed by atoms with E-state index in [9.17, 15) is 10.1 Å². The lowest BCUT2D eigenvalue weighted by Gasteiger charge is -1.94. The summed E-state index contributed by atoms with van der Waals surface area (Å²) in [7, 11) is 0. The lowest BCUT2D eigenvalue weighted by molar-refractivity contribution is -0.384. The normalized spacial score (nSPS) is 11.0. The van der Waals surface area contributed by atoms with Crippen molar-refractivity contribution in [3.8, 4) is 22.2 Å². The number of aromatic nitrogens is 2. The summed E-state index contributed by atoms with van der Waals surface area (Å²) in [6.45, 7) is 0. The summed E-state index contributed by atoms with van der Waals surface area (Å²) in [4.78, 5) is 15.4. The van der Waals surface area contributed by atoms with Crippen molar-refractivity contribution in [1.82, 2.24) is 10.1 Å². The van der Waals surface area contributed by atoms with Crippen molar-refractivity contribution in [2.45, 2.75) is 0 Å². The van der Waals surface area contributed by atoms with Crippen LogP contribution in [0.2, 0.25) is 5.02 Å². The smallest absolute Gasteiger partial charge is 0.270 e. The zero-order chi connectivity index (χ0) is 16.7. The molecule has 118 valence electrons. The number of hydrogen-bond acceptors (Lipinski definition) is 6. The number of nitro groups is 1. The minimum atomic E-state index is -0.465. The molecule has 2 heterocycles. The van der Waals surface area contributed by atoms with Gasteiger partial charge < -0.3 is 4.52 Å². The molecule has 24 heavy (non-hydrogen) atoms. The van der Waals surface area contributed by atoms with E-state index in [2.05, 4.69) is 10.1 Å². The molecule has 8 heteroatoms. The first-order valence-electron chi connectivity index (χ1n) is 6.89. The molecule has 0 spiro atoms. The van der Waals surface area contributed by atoms with E-state index in [0.29, 0.717) is 21.4 Å². The number of fused-ring (bicyclic) bond motifs is 1. The largest absolute Gasteiger partial charge is 0.333 e. The summed E-state index contributed by atoms with van der Waals surface area (Å²) in [5, 5.41) is 16.3. The number of benzene rings is 2. The third-order valence-electron chi connectivity index (χ3n) is 3.47. The van der Waals surface area contributed by atoms with E-state index in [1.165, 1.54) is 23.5 Å². The molecule has 0 fully saturated rings. The van der Waals surface area contributed by atoms with Gasteiger partial charge in [0.05, 0.1) is 9.95 Å². The van der Waals surface area contributed by atoms with Gasteiger partial charge in [0.1, 0.15) is 4.88 Å². The molecule has 0 aliphatic rings. The second kappa shape index (κ2) is 5.70. The lowest BCUT2D eigenvalue weighted by Crippen LogP contribution is -1.88. The van der Waals surface area contributed by atoms with E-state index in [-0.39, 0.29) is 11.5 Å². The first-order valence-corrected chi connectivity index (χ1v) is 8.09. The fourth-order valence-corrected chi connectivity index (χ4v) is 3.78. The fraction of sp³-hybridized carbons (Fsp3) is 0. The molecule has 0 unspecified atom stereocenters. The van der Waals surface area contributed by atoms with Crippen molar-refractivity contribution in [3.05, 3.63) is 63.7 Å². The zero-order valence-corrected chi connectivity index (χ0v) is 13.5. The molecule has 4 aromatic rings. The molecule has 0 saturated carbocycles. The van der Waals surface area contributed by atoms with Crippen LogP contribution in [0.4, 0.5) is 5.69 Å². The van der Waals surface area contributed by atoms with Crippen LogP contribution in [0, 0.1) is 10.1 Å². The molecule has 0 aliphatic heterocycles. The Morgan fingerprint density at radius 1 is 1.17 bits per heavy atom. The Labute approximate surface area is 144 Å². The van der Waals surface area contributed by atoms with E-state index >= 15 is 0 Å². The van der Waals surface area contributed by atoms with Gasteiger partial charge in [-0.3, -0.25) is 10.1 Å². The summed E-state index contributed by atoms with van der Waals surface area (Å²) in [5.74, 6) is 0.574. The topological polar surface area (TPSA) is 82.1 Å². The Bertz CT molecular complexity index is 1070. The van der Waals surface area contributed by atoms with Gasteiger partial charge in [0.2, 0.25) is 5.82 Å². The van der Waals surface area contributed by atoms with Crippen molar-refractivity contribution in [2.24, 2.45) is 0 Å². The molecular weight excluding hydrogens is 350 g/mol. The monoisotopic (exact) mass is 357 g/mol. The van der Waals surface area contributed by atoms with Crippen molar-refractivity contribution in [1.29, 1.82) is 0 Å². The van der Waals surface area contributed by atoms with Crippen LogP contribution in [0.5, 0.6) is 0 Å². The molecule has 0 radical (unpaired) electrons. The second-order valence-corrected chi connectivity index (χ2v) is 6.40. The Morgan fingerprint density at radius 2 is 2.00 bits per heavy atom. The summed E-state index contributed by atoms with van der Waals surface area (Å²) in [6, 6.07) is 13.8. The molecule has 0 aliphatic carbocycles. The van der Waals surface area contributed by atoms with Gasteiger partial charge in [-0.15, -0.1) is 11.3 Å². The van der Waals surface area contributed by atoms with E-state index in [4.69, 9.17) is 16.1 Å². The minimum Gasteiger partial charge on any atom is -0.333 e. The van der Waals surface area contributed by atoms with Crippen LogP contribution in [0.25, 0.3) is 32.2 Å². The van der Waals surface area contributed by atoms with E-state index in [0.717, 1.165) is 10.1 Å². The van der Waals surface area contributed by atoms with Crippen LogP contribution in [-0.2, 0) is 0 Å². The highest BCUT2D eigenvalue weighted by Crippen LogP contribution is 2.41. The highest BCUT2D eigenvalue weighted by Gasteiger charge is 2.19. The Morgan fingerprint density at radius 3 is 2.79 bits per heavy atom. The number of non-ortho nitro benzene ring substituents is 1.